The summed E-state index contributed by atoms with van der Waals surface area (Å²) in [5.74, 6) is 0.909. The Hall–Kier alpha value is -2.77. The number of methoxy groups -OCH3 is 1. The molecule has 6 nitrogen and oxygen atoms in total. The van der Waals surface area contributed by atoms with E-state index in [4.69, 9.17) is 4.74 Å². The van der Waals surface area contributed by atoms with Gasteiger partial charge in [0, 0.05) is 54.7 Å². The fourth-order valence-corrected chi connectivity index (χ4v) is 4.34. The highest BCUT2D eigenvalue weighted by atomic mass is 32.1. The van der Waals surface area contributed by atoms with Crippen molar-refractivity contribution in [3.05, 3.63) is 65.4 Å². The SMILES string of the molecule is COc1cccc(-c2ncc(CNC3CCN(C(=O)c4cccnc4)CC3)s2)c1. The van der Waals surface area contributed by atoms with Gasteiger partial charge in [-0.05, 0) is 37.1 Å². The molecule has 0 radical (unpaired) electrons. The summed E-state index contributed by atoms with van der Waals surface area (Å²) in [5, 5.41) is 4.62. The molecule has 1 N–H and O–H groups in total. The summed E-state index contributed by atoms with van der Waals surface area (Å²) in [6.07, 6.45) is 7.16. The Kier molecular flexibility index (Phi) is 6.17. The van der Waals surface area contributed by atoms with Crippen LogP contribution in [0.15, 0.2) is 55.0 Å². The van der Waals surface area contributed by atoms with E-state index in [9.17, 15) is 4.79 Å². The lowest BCUT2D eigenvalue weighted by Crippen LogP contribution is -2.44. The van der Waals surface area contributed by atoms with Crippen LogP contribution in [0.4, 0.5) is 0 Å². The summed E-state index contributed by atoms with van der Waals surface area (Å²) >= 11 is 1.70. The molecule has 2 aromatic heterocycles. The number of carbonyl (C=O) groups is 1. The van der Waals surface area contributed by atoms with Crippen LogP contribution >= 0.6 is 11.3 Å². The number of amides is 1. The van der Waals surface area contributed by atoms with Crippen LogP contribution in [0.1, 0.15) is 28.1 Å². The van der Waals surface area contributed by atoms with Gasteiger partial charge in [0.15, 0.2) is 0 Å². The van der Waals surface area contributed by atoms with Gasteiger partial charge in [-0.2, -0.15) is 0 Å². The molecule has 0 spiro atoms. The van der Waals surface area contributed by atoms with Crippen LogP contribution < -0.4 is 10.1 Å². The van der Waals surface area contributed by atoms with E-state index in [0.717, 1.165) is 48.8 Å². The zero-order valence-corrected chi connectivity index (χ0v) is 17.2. The maximum absolute atomic E-state index is 12.5. The van der Waals surface area contributed by atoms with E-state index in [0.29, 0.717) is 11.6 Å². The predicted octanol–water partition coefficient (Wildman–Crippen LogP) is 3.61. The van der Waals surface area contributed by atoms with E-state index < -0.39 is 0 Å². The minimum atomic E-state index is 0.0712. The van der Waals surface area contributed by atoms with Crippen LogP contribution in [0, 0.1) is 0 Å². The first-order valence-corrected chi connectivity index (χ1v) is 10.6. The monoisotopic (exact) mass is 408 g/mol. The minimum absolute atomic E-state index is 0.0712. The summed E-state index contributed by atoms with van der Waals surface area (Å²) in [6.45, 7) is 2.33. The number of aromatic nitrogens is 2. The Morgan fingerprint density at radius 3 is 2.86 bits per heavy atom. The highest BCUT2D eigenvalue weighted by molar-refractivity contribution is 7.15. The van der Waals surface area contributed by atoms with E-state index in [1.807, 2.05) is 41.4 Å². The van der Waals surface area contributed by atoms with Crippen LogP contribution in [0.5, 0.6) is 5.75 Å². The number of rotatable bonds is 6. The summed E-state index contributed by atoms with van der Waals surface area (Å²) in [4.78, 5) is 24.2. The Morgan fingerprint density at radius 2 is 2.10 bits per heavy atom. The molecule has 1 fully saturated rings. The molecule has 1 amide bonds. The number of piperidine rings is 1. The summed E-state index contributed by atoms with van der Waals surface area (Å²) < 4.78 is 5.30. The largest absolute Gasteiger partial charge is 0.497 e. The van der Waals surface area contributed by atoms with Crippen molar-refractivity contribution in [2.45, 2.75) is 25.4 Å². The molecule has 1 saturated heterocycles. The molecule has 0 aliphatic carbocycles. The van der Waals surface area contributed by atoms with E-state index in [1.54, 1.807) is 36.9 Å². The van der Waals surface area contributed by atoms with Crippen molar-refractivity contribution in [3.63, 3.8) is 0 Å². The zero-order valence-electron chi connectivity index (χ0n) is 16.4. The summed E-state index contributed by atoms with van der Waals surface area (Å²) in [6, 6.07) is 12.0. The highest BCUT2D eigenvalue weighted by Crippen LogP contribution is 2.28. The number of carbonyl (C=O) groups excluding carboxylic acids is 1. The van der Waals surface area contributed by atoms with E-state index >= 15 is 0 Å². The number of benzene rings is 1. The second kappa shape index (κ2) is 9.15. The first-order valence-electron chi connectivity index (χ1n) is 9.75. The molecule has 1 aliphatic heterocycles. The van der Waals surface area contributed by atoms with Gasteiger partial charge in [0.25, 0.3) is 5.91 Å². The van der Waals surface area contributed by atoms with E-state index in [1.165, 1.54) is 4.88 Å². The Morgan fingerprint density at radius 1 is 1.24 bits per heavy atom. The standard InChI is InChI=1S/C22H24N4O2S/c1-28-19-6-2-4-16(12-19)21-25-15-20(29-21)14-24-18-7-10-26(11-8-18)22(27)17-5-3-9-23-13-17/h2-6,9,12-13,15,18,24H,7-8,10-11,14H2,1H3. The Balaban J connectivity index is 1.28. The number of pyridine rings is 1. The lowest BCUT2D eigenvalue weighted by molar-refractivity contribution is 0.0704. The maximum Gasteiger partial charge on any atom is 0.255 e. The molecule has 3 heterocycles. The first kappa shape index (κ1) is 19.5. The van der Waals surface area contributed by atoms with Gasteiger partial charge in [-0.1, -0.05) is 12.1 Å². The van der Waals surface area contributed by atoms with Crippen LogP contribution in [0.25, 0.3) is 10.6 Å². The number of nitrogens with zero attached hydrogens (tertiary/aromatic N) is 3. The van der Waals surface area contributed by atoms with Gasteiger partial charge in [-0.15, -0.1) is 11.3 Å². The average Bonchev–Trinajstić information content (AvgIpc) is 3.27. The second-order valence-electron chi connectivity index (χ2n) is 7.05. The van der Waals surface area contributed by atoms with Gasteiger partial charge in [0.2, 0.25) is 0 Å². The van der Waals surface area contributed by atoms with E-state index in [-0.39, 0.29) is 5.91 Å². The van der Waals surface area contributed by atoms with Gasteiger partial charge in [-0.3, -0.25) is 9.78 Å². The number of ether oxygens (including phenoxy) is 1. The average molecular weight is 409 g/mol. The minimum Gasteiger partial charge on any atom is -0.497 e. The molecule has 3 aromatic rings. The first-order chi connectivity index (χ1) is 14.2. The van der Waals surface area contributed by atoms with Crippen molar-refractivity contribution in [1.82, 2.24) is 20.2 Å². The molecule has 0 bridgehead atoms. The third-order valence-electron chi connectivity index (χ3n) is 5.13. The van der Waals surface area contributed by atoms with Gasteiger partial charge < -0.3 is 15.0 Å². The number of hydrogen-bond acceptors (Lipinski definition) is 6. The van der Waals surface area contributed by atoms with Crippen LogP contribution in [-0.4, -0.2) is 47.0 Å². The number of nitrogens with one attached hydrogen (secondary N) is 1. The molecule has 4 rings (SSSR count). The molecule has 7 heteroatoms. The van der Waals surface area contributed by atoms with Gasteiger partial charge in [-0.25, -0.2) is 4.98 Å². The van der Waals surface area contributed by atoms with Crippen LogP contribution in [0.2, 0.25) is 0 Å². The van der Waals surface area contributed by atoms with Crippen molar-refractivity contribution < 1.29 is 9.53 Å². The normalized spacial score (nSPS) is 14.7. The van der Waals surface area contributed by atoms with Gasteiger partial charge >= 0.3 is 0 Å². The molecule has 29 heavy (non-hydrogen) atoms. The molecular formula is C22H24N4O2S. The summed E-state index contributed by atoms with van der Waals surface area (Å²) in [5.41, 5.74) is 1.73. The number of likely N-dealkylation sites (tertiary alicyclic amines) is 1. The molecule has 0 atom stereocenters. The summed E-state index contributed by atoms with van der Waals surface area (Å²) in [7, 11) is 1.67. The Labute approximate surface area is 174 Å². The third-order valence-corrected chi connectivity index (χ3v) is 6.17. The molecular weight excluding hydrogens is 384 g/mol. The molecule has 1 aromatic carbocycles. The van der Waals surface area contributed by atoms with E-state index in [2.05, 4.69) is 15.3 Å². The van der Waals surface area contributed by atoms with Crippen LogP contribution in [0.3, 0.4) is 0 Å². The predicted molar refractivity (Wildman–Crippen MR) is 114 cm³/mol. The third kappa shape index (κ3) is 4.81. The molecule has 0 saturated carbocycles. The van der Waals surface area contributed by atoms with Crippen molar-refractivity contribution in [2.75, 3.05) is 20.2 Å². The molecule has 150 valence electrons. The fraction of sp³-hybridized carbons (Fsp3) is 0.318. The van der Waals surface area contributed by atoms with Crippen molar-refractivity contribution >= 4 is 17.2 Å². The number of thiazole rings is 1. The van der Waals surface area contributed by atoms with Crippen molar-refractivity contribution in [1.29, 1.82) is 0 Å². The lowest BCUT2D eigenvalue weighted by Gasteiger charge is -2.32. The lowest BCUT2D eigenvalue weighted by atomic mass is 10.0. The smallest absolute Gasteiger partial charge is 0.255 e. The highest BCUT2D eigenvalue weighted by Gasteiger charge is 2.23. The molecule has 1 aliphatic rings. The topological polar surface area (TPSA) is 67.3 Å². The molecule has 0 unspecified atom stereocenters. The van der Waals surface area contributed by atoms with Crippen molar-refractivity contribution in [2.24, 2.45) is 0 Å². The van der Waals surface area contributed by atoms with Gasteiger partial charge in [0.1, 0.15) is 10.8 Å². The van der Waals surface area contributed by atoms with Gasteiger partial charge in [0.05, 0.1) is 12.7 Å². The second-order valence-corrected chi connectivity index (χ2v) is 8.17. The number of hydrogen-bond donors (Lipinski definition) is 1. The fourth-order valence-electron chi connectivity index (χ4n) is 3.48. The van der Waals surface area contributed by atoms with Crippen LogP contribution in [-0.2, 0) is 6.54 Å². The zero-order chi connectivity index (χ0) is 20.1. The maximum atomic E-state index is 12.5. The Bertz CT molecular complexity index is 952. The quantitative estimate of drug-likeness (QED) is 0.675. The van der Waals surface area contributed by atoms with Crippen molar-refractivity contribution in [3.8, 4) is 16.3 Å².